The Balaban J connectivity index is 1.38. The van der Waals surface area contributed by atoms with Crippen LogP contribution < -0.4 is 4.74 Å². The molecule has 1 aliphatic rings. The van der Waals surface area contributed by atoms with Crippen molar-refractivity contribution in [1.29, 1.82) is 0 Å². The maximum atomic E-state index is 12.4. The Morgan fingerprint density at radius 2 is 1.97 bits per heavy atom. The number of carbonyl (C=O) groups excluding carboxylic acids is 1. The molecule has 33 heavy (non-hydrogen) atoms. The first-order valence-corrected chi connectivity index (χ1v) is 11.2. The molecule has 1 fully saturated rings. The molecule has 0 saturated heterocycles. The number of hydrogen-bond acceptors (Lipinski definition) is 5. The Kier molecular flexibility index (Phi) is 6.82. The lowest BCUT2D eigenvalue weighted by molar-refractivity contribution is -0.143. The zero-order valence-corrected chi connectivity index (χ0v) is 18.9. The molecule has 0 spiro atoms. The largest absolute Gasteiger partial charge is 0.490 e. The van der Waals surface area contributed by atoms with E-state index in [1.54, 1.807) is 7.05 Å². The number of hydrogen-bond donors (Lipinski definition) is 1. The molecule has 1 amide bonds. The van der Waals surface area contributed by atoms with E-state index in [-0.39, 0.29) is 18.6 Å². The van der Waals surface area contributed by atoms with Crippen LogP contribution in [0.1, 0.15) is 37.1 Å². The second kappa shape index (κ2) is 9.94. The summed E-state index contributed by atoms with van der Waals surface area (Å²) in [7, 11) is 3.58. The SMILES string of the molecule is CN(Cc1ccccc1)C(=O)OCc1nc2cc(O[C@H]3CCC[C@H](C(=O)O)C3)ccc2n1C. The van der Waals surface area contributed by atoms with Gasteiger partial charge in [0.2, 0.25) is 0 Å². The van der Waals surface area contributed by atoms with Gasteiger partial charge in [0, 0.05) is 26.7 Å². The number of carbonyl (C=O) groups is 2. The average molecular weight is 452 g/mol. The first-order valence-electron chi connectivity index (χ1n) is 11.2. The second-order valence-electron chi connectivity index (χ2n) is 8.58. The summed E-state index contributed by atoms with van der Waals surface area (Å²) in [6, 6.07) is 15.4. The Morgan fingerprint density at radius 3 is 2.73 bits per heavy atom. The summed E-state index contributed by atoms with van der Waals surface area (Å²) < 4.78 is 13.4. The highest BCUT2D eigenvalue weighted by molar-refractivity contribution is 5.78. The van der Waals surface area contributed by atoms with Crippen LogP contribution in [-0.4, -0.2) is 44.8 Å². The van der Waals surface area contributed by atoms with Gasteiger partial charge in [-0.15, -0.1) is 0 Å². The highest BCUT2D eigenvalue weighted by atomic mass is 16.6. The van der Waals surface area contributed by atoms with Crippen LogP contribution in [0, 0.1) is 5.92 Å². The molecule has 4 rings (SSSR count). The predicted octanol–water partition coefficient (Wildman–Crippen LogP) is 4.36. The van der Waals surface area contributed by atoms with Crippen molar-refractivity contribution in [3.05, 3.63) is 59.9 Å². The van der Waals surface area contributed by atoms with Crippen LogP contribution in [0.4, 0.5) is 4.79 Å². The van der Waals surface area contributed by atoms with Crippen molar-refractivity contribution in [1.82, 2.24) is 14.5 Å². The van der Waals surface area contributed by atoms with Gasteiger partial charge in [-0.3, -0.25) is 4.79 Å². The molecule has 3 aromatic rings. The van der Waals surface area contributed by atoms with E-state index in [1.807, 2.05) is 60.1 Å². The number of rotatable bonds is 7. The highest BCUT2D eigenvalue weighted by Gasteiger charge is 2.28. The van der Waals surface area contributed by atoms with Gasteiger partial charge >= 0.3 is 12.1 Å². The fourth-order valence-electron chi connectivity index (χ4n) is 4.26. The number of ether oxygens (including phenoxy) is 2. The fraction of sp³-hybridized carbons (Fsp3) is 0.400. The van der Waals surface area contributed by atoms with Gasteiger partial charge in [-0.1, -0.05) is 30.3 Å². The highest BCUT2D eigenvalue weighted by Crippen LogP contribution is 2.29. The molecule has 0 aliphatic heterocycles. The van der Waals surface area contributed by atoms with E-state index in [0.717, 1.165) is 29.4 Å². The zero-order valence-electron chi connectivity index (χ0n) is 18.9. The van der Waals surface area contributed by atoms with E-state index in [4.69, 9.17) is 9.47 Å². The zero-order chi connectivity index (χ0) is 23.4. The smallest absolute Gasteiger partial charge is 0.410 e. The number of carboxylic acids is 1. The van der Waals surface area contributed by atoms with Crippen LogP contribution >= 0.6 is 0 Å². The third kappa shape index (κ3) is 5.45. The van der Waals surface area contributed by atoms with Crippen LogP contribution in [-0.2, 0) is 29.7 Å². The monoisotopic (exact) mass is 451 g/mol. The molecular formula is C25H29N3O5. The van der Waals surface area contributed by atoms with Gasteiger partial charge < -0.3 is 24.0 Å². The number of amides is 1. The normalized spacial score (nSPS) is 18.1. The minimum absolute atomic E-state index is 0.0578. The summed E-state index contributed by atoms with van der Waals surface area (Å²) in [5.74, 6) is 0.204. The van der Waals surface area contributed by atoms with Gasteiger partial charge in [0.25, 0.3) is 0 Å². The molecule has 0 radical (unpaired) electrons. The molecule has 8 nitrogen and oxygen atoms in total. The van der Waals surface area contributed by atoms with Crippen molar-refractivity contribution in [2.45, 2.75) is 44.9 Å². The first-order chi connectivity index (χ1) is 15.9. The Morgan fingerprint density at radius 1 is 1.18 bits per heavy atom. The van der Waals surface area contributed by atoms with Crippen molar-refractivity contribution in [2.75, 3.05) is 7.05 Å². The van der Waals surface area contributed by atoms with E-state index in [9.17, 15) is 14.7 Å². The summed E-state index contributed by atoms with van der Waals surface area (Å²) >= 11 is 0. The number of fused-ring (bicyclic) bond motifs is 1. The van der Waals surface area contributed by atoms with Crippen molar-refractivity contribution in [3.63, 3.8) is 0 Å². The van der Waals surface area contributed by atoms with Crippen LogP contribution in [0.2, 0.25) is 0 Å². The maximum Gasteiger partial charge on any atom is 0.410 e. The summed E-state index contributed by atoms with van der Waals surface area (Å²) in [5.41, 5.74) is 2.67. The van der Waals surface area contributed by atoms with Crippen LogP contribution in [0.15, 0.2) is 48.5 Å². The summed E-state index contributed by atoms with van der Waals surface area (Å²) in [6.07, 6.45) is 2.40. The van der Waals surface area contributed by atoms with Gasteiger partial charge in [0.15, 0.2) is 6.61 Å². The number of aromatic nitrogens is 2. The number of benzene rings is 2. The quantitative estimate of drug-likeness (QED) is 0.574. The first kappa shape index (κ1) is 22.6. The fourth-order valence-corrected chi connectivity index (χ4v) is 4.26. The van der Waals surface area contributed by atoms with E-state index in [1.165, 1.54) is 4.90 Å². The Bertz CT molecular complexity index is 1130. The van der Waals surface area contributed by atoms with Crippen LogP contribution in [0.5, 0.6) is 5.75 Å². The van der Waals surface area contributed by atoms with Crippen LogP contribution in [0.3, 0.4) is 0 Å². The predicted molar refractivity (Wildman–Crippen MR) is 123 cm³/mol. The molecule has 174 valence electrons. The van der Waals surface area contributed by atoms with Crippen molar-refractivity contribution in [3.8, 4) is 5.75 Å². The van der Waals surface area contributed by atoms with Crippen molar-refractivity contribution in [2.24, 2.45) is 13.0 Å². The Hall–Kier alpha value is -3.55. The molecule has 2 atom stereocenters. The third-order valence-electron chi connectivity index (χ3n) is 6.12. The van der Waals surface area contributed by atoms with Gasteiger partial charge in [-0.25, -0.2) is 9.78 Å². The van der Waals surface area contributed by atoms with E-state index >= 15 is 0 Å². The summed E-state index contributed by atoms with van der Waals surface area (Å²) in [6.45, 7) is 0.523. The number of aryl methyl sites for hydroxylation is 1. The molecule has 0 unspecified atom stereocenters. The molecule has 0 bridgehead atoms. The molecule has 1 aromatic heterocycles. The molecule has 1 N–H and O–H groups in total. The Labute approximate surface area is 192 Å². The number of nitrogens with zero attached hydrogens (tertiary/aromatic N) is 3. The van der Waals surface area contributed by atoms with Gasteiger partial charge in [-0.2, -0.15) is 0 Å². The third-order valence-corrected chi connectivity index (χ3v) is 6.12. The molecule has 2 aromatic carbocycles. The number of aliphatic carboxylic acids is 1. The topological polar surface area (TPSA) is 93.9 Å². The molecule has 1 heterocycles. The lowest BCUT2D eigenvalue weighted by atomic mass is 9.87. The number of imidazole rings is 1. The lowest BCUT2D eigenvalue weighted by Crippen LogP contribution is -2.29. The van der Waals surface area contributed by atoms with E-state index < -0.39 is 12.1 Å². The van der Waals surface area contributed by atoms with Gasteiger partial charge in [0.05, 0.1) is 23.1 Å². The standard InChI is InChI=1S/C25H29N3O5/c1-27(15-17-7-4-3-5-8-17)25(31)32-16-23-26-21-14-20(11-12-22(21)28(23)2)33-19-10-6-9-18(13-19)24(29)30/h3-5,7-8,11-12,14,18-19H,6,9-10,13,15-16H2,1-2H3,(H,29,30)/t18-,19-/m0/s1. The van der Waals surface area contributed by atoms with Crippen LogP contribution in [0.25, 0.3) is 11.0 Å². The van der Waals surface area contributed by atoms with Crippen molar-refractivity contribution < 1.29 is 24.2 Å². The van der Waals surface area contributed by atoms with Gasteiger partial charge in [0.1, 0.15) is 11.6 Å². The van der Waals surface area contributed by atoms with E-state index in [2.05, 4.69) is 4.98 Å². The van der Waals surface area contributed by atoms with E-state index in [0.29, 0.717) is 31.0 Å². The maximum absolute atomic E-state index is 12.4. The second-order valence-corrected chi connectivity index (χ2v) is 8.58. The number of carboxylic acid groups (broad SMARTS) is 1. The summed E-state index contributed by atoms with van der Waals surface area (Å²) in [4.78, 5) is 29.8. The van der Waals surface area contributed by atoms with Gasteiger partial charge in [-0.05, 0) is 43.4 Å². The lowest BCUT2D eigenvalue weighted by Gasteiger charge is -2.27. The minimum atomic E-state index is -0.753. The molecule has 8 heteroatoms. The summed E-state index contributed by atoms with van der Waals surface area (Å²) in [5, 5.41) is 9.29. The molecule has 1 saturated carbocycles. The van der Waals surface area contributed by atoms with Crippen molar-refractivity contribution >= 4 is 23.1 Å². The molecular weight excluding hydrogens is 422 g/mol. The average Bonchev–Trinajstić information content (AvgIpc) is 3.13. The minimum Gasteiger partial charge on any atom is -0.490 e. The molecule has 1 aliphatic carbocycles.